The van der Waals surface area contributed by atoms with E-state index >= 15 is 0 Å². The van der Waals surface area contributed by atoms with Gasteiger partial charge in [0.15, 0.2) is 6.04 Å². The fourth-order valence-corrected chi connectivity index (χ4v) is 2.11. The summed E-state index contributed by atoms with van der Waals surface area (Å²) in [7, 11) is 2.79. The summed E-state index contributed by atoms with van der Waals surface area (Å²) in [5.41, 5.74) is -0.289. The van der Waals surface area contributed by atoms with Crippen LogP contribution in [0.4, 0.5) is 0 Å². The molecule has 0 aliphatic heterocycles. The van der Waals surface area contributed by atoms with E-state index in [1.807, 2.05) is 13.0 Å². The Morgan fingerprint density at radius 1 is 1.24 bits per heavy atom. The molecule has 21 heavy (non-hydrogen) atoms. The van der Waals surface area contributed by atoms with Crippen molar-refractivity contribution >= 4 is 11.9 Å². The average molecular weight is 293 g/mol. The molecule has 0 unspecified atom stereocenters. The number of carbonyl (C=O) groups is 2. The zero-order valence-electron chi connectivity index (χ0n) is 13.0. The first-order chi connectivity index (χ1) is 9.98. The molecule has 0 heterocycles. The van der Waals surface area contributed by atoms with Crippen LogP contribution in [0, 0.1) is 0 Å². The van der Waals surface area contributed by atoms with E-state index in [4.69, 9.17) is 9.47 Å². The van der Waals surface area contributed by atoms with Crippen LogP contribution in [0.5, 0.6) is 0 Å². The molecule has 0 bridgehead atoms. The van der Waals surface area contributed by atoms with Crippen LogP contribution in [-0.4, -0.2) is 31.7 Å². The molecular weight excluding hydrogens is 270 g/mol. The van der Waals surface area contributed by atoms with Crippen molar-refractivity contribution < 1.29 is 19.1 Å². The quantitative estimate of drug-likeness (QED) is 0.783. The molecule has 0 saturated carbocycles. The molecule has 1 N–H and O–H groups in total. The molecule has 5 nitrogen and oxygen atoms in total. The maximum absolute atomic E-state index is 12.4. The lowest BCUT2D eigenvalue weighted by Gasteiger charge is -2.28. The fraction of sp³-hybridized carbons (Fsp3) is 0.500. The van der Waals surface area contributed by atoms with Crippen molar-refractivity contribution in [3.63, 3.8) is 0 Å². The number of nitrogens with one attached hydrogen (secondary N) is 1. The molecule has 5 heteroatoms. The minimum atomic E-state index is -0.962. The van der Waals surface area contributed by atoms with Gasteiger partial charge in [0.2, 0.25) is 0 Å². The van der Waals surface area contributed by atoms with Gasteiger partial charge in [0.25, 0.3) is 5.91 Å². The van der Waals surface area contributed by atoms with Crippen molar-refractivity contribution in [2.45, 2.75) is 38.3 Å². The fourth-order valence-electron chi connectivity index (χ4n) is 2.11. The standard InChI is InChI=1S/C16H23NO4/c1-5-11-16(2,21-4)15(19)17-13(14(18)20-3)12-9-7-6-8-10-12/h6-10,13H,5,11H2,1-4H3,(H,17,19)/t13-,16-/m0/s1. The van der Waals surface area contributed by atoms with E-state index in [1.165, 1.54) is 14.2 Å². The van der Waals surface area contributed by atoms with E-state index < -0.39 is 17.6 Å². The van der Waals surface area contributed by atoms with E-state index in [-0.39, 0.29) is 5.91 Å². The predicted octanol–water partition coefficient (Wildman–Crippen LogP) is 2.22. The van der Waals surface area contributed by atoms with Gasteiger partial charge in [-0.1, -0.05) is 43.7 Å². The normalized spacial score (nSPS) is 14.9. The summed E-state index contributed by atoms with van der Waals surface area (Å²) in [6, 6.07) is 8.15. The molecule has 0 spiro atoms. The van der Waals surface area contributed by atoms with E-state index in [1.54, 1.807) is 31.2 Å². The maximum Gasteiger partial charge on any atom is 0.333 e. The van der Waals surface area contributed by atoms with Crippen LogP contribution >= 0.6 is 0 Å². The Hall–Kier alpha value is -1.88. The Kier molecular flexibility index (Phi) is 6.37. The van der Waals surface area contributed by atoms with Crippen LogP contribution in [0.25, 0.3) is 0 Å². The Bertz CT molecular complexity index is 474. The summed E-state index contributed by atoms with van der Waals surface area (Å²) in [4.78, 5) is 24.4. The van der Waals surface area contributed by atoms with Crippen molar-refractivity contribution in [2.24, 2.45) is 0 Å². The summed E-state index contributed by atoms with van der Waals surface area (Å²) in [5, 5.41) is 2.72. The van der Waals surface area contributed by atoms with Gasteiger partial charge in [-0.05, 0) is 18.9 Å². The maximum atomic E-state index is 12.4. The van der Waals surface area contributed by atoms with Gasteiger partial charge in [-0.15, -0.1) is 0 Å². The van der Waals surface area contributed by atoms with Crippen molar-refractivity contribution in [3.8, 4) is 0 Å². The largest absolute Gasteiger partial charge is 0.467 e. The van der Waals surface area contributed by atoms with Gasteiger partial charge in [0.05, 0.1) is 7.11 Å². The zero-order valence-corrected chi connectivity index (χ0v) is 13.0. The number of rotatable bonds is 7. The number of hydrogen-bond acceptors (Lipinski definition) is 4. The number of benzene rings is 1. The van der Waals surface area contributed by atoms with E-state index in [9.17, 15) is 9.59 Å². The first-order valence-corrected chi connectivity index (χ1v) is 6.97. The highest BCUT2D eigenvalue weighted by molar-refractivity contribution is 5.90. The molecular formula is C16H23NO4. The predicted molar refractivity (Wildman–Crippen MR) is 79.7 cm³/mol. The highest BCUT2D eigenvalue weighted by Crippen LogP contribution is 2.20. The smallest absolute Gasteiger partial charge is 0.333 e. The minimum absolute atomic E-state index is 0.328. The highest BCUT2D eigenvalue weighted by atomic mass is 16.5. The molecule has 1 rings (SSSR count). The van der Waals surface area contributed by atoms with E-state index in [0.29, 0.717) is 12.0 Å². The van der Waals surface area contributed by atoms with Gasteiger partial charge < -0.3 is 14.8 Å². The van der Waals surface area contributed by atoms with Crippen molar-refractivity contribution in [3.05, 3.63) is 35.9 Å². The lowest BCUT2D eigenvalue weighted by Crippen LogP contribution is -2.48. The second-order valence-corrected chi connectivity index (χ2v) is 5.03. The molecule has 0 fully saturated rings. The molecule has 0 aromatic heterocycles. The topological polar surface area (TPSA) is 64.6 Å². The Labute approximate surface area is 125 Å². The molecule has 2 atom stereocenters. The molecule has 0 aliphatic rings. The Morgan fingerprint density at radius 3 is 2.33 bits per heavy atom. The van der Waals surface area contributed by atoms with E-state index in [0.717, 1.165) is 6.42 Å². The van der Waals surface area contributed by atoms with Gasteiger partial charge in [-0.2, -0.15) is 0 Å². The third-order valence-corrected chi connectivity index (χ3v) is 3.50. The van der Waals surface area contributed by atoms with Gasteiger partial charge >= 0.3 is 5.97 Å². The summed E-state index contributed by atoms with van der Waals surface area (Å²) < 4.78 is 10.1. The number of esters is 1. The SMILES string of the molecule is CCC[C@](C)(OC)C(=O)N[C@H](C(=O)OC)c1ccccc1. The van der Waals surface area contributed by atoms with E-state index in [2.05, 4.69) is 5.32 Å². The summed E-state index contributed by atoms with van der Waals surface area (Å²) >= 11 is 0. The number of carbonyl (C=O) groups excluding carboxylic acids is 2. The molecule has 116 valence electrons. The van der Waals surface area contributed by atoms with Gasteiger partial charge in [0.1, 0.15) is 5.60 Å². The van der Waals surface area contributed by atoms with Crippen LogP contribution < -0.4 is 5.32 Å². The minimum Gasteiger partial charge on any atom is -0.467 e. The van der Waals surface area contributed by atoms with Gasteiger partial charge in [-0.3, -0.25) is 4.79 Å². The second-order valence-electron chi connectivity index (χ2n) is 5.03. The molecule has 1 aromatic carbocycles. The molecule has 0 radical (unpaired) electrons. The van der Waals surface area contributed by atoms with Crippen molar-refractivity contribution in [2.75, 3.05) is 14.2 Å². The molecule has 0 aliphatic carbocycles. The first kappa shape index (κ1) is 17.2. The third-order valence-electron chi connectivity index (χ3n) is 3.50. The van der Waals surface area contributed by atoms with Crippen LogP contribution in [0.2, 0.25) is 0 Å². The molecule has 1 amide bonds. The lowest BCUT2D eigenvalue weighted by atomic mass is 9.97. The number of ether oxygens (including phenoxy) is 2. The number of hydrogen-bond donors (Lipinski definition) is 1. The van der Waals surface area contributed by atoms with Crippen LogP contribution in [-0.2, 0) is 19.1 Å². The van der Waals surface area contributed by atoms with Crippen molar-refractivity contribution in [1.29, 1.82) is 0 Å². The Morgan fingerprint density at radius 2 is 1.86 bits per heavy atom. The number of amides is 1. The first-order valence-electron chi connectivity index (χ1n) is 6.97. The monoisotopic (exact) mass is 293 g/mol. The van der Waals surface area contributed by atoms with Crippen molar-refractivity contribution in [1.82, 2.24) is 5.32 Å². The second kappa shape index (κ2) is 7.78. The van der Waals surface area contributed by atoms with Crippen LogP contribution in [0.15, 0.2) is 30.3 Å². The highest BCUT2D eigenvalue weighted by Gasteiger charge is 2.35. The van der Waals surface area contributed by atoms with Gasteiger partial charge in [0, 0.05) is 7.11 Å². The summed E-state index contributed by atoms with van der Waals surface area (Å²) in [6.07, 6.45) is 1.37. The average Bonchev–Trinajstić information content (AvgIpc) is 2.52. The number of methoxy groups -OCH3 is 2. The summed E-state index contributed by atoms with van der Waals surface area (Å²) in [5.74, 6) is -0.837. The Balaban J connectivity index is 2.97. The molecule has 1 aromatic rings. The third kappa shape index (κ3) is 4.29. The lowest BCUT2D eigenvalue weighted by molar-refractivity contribution is -0.150. The van der Waals surface area contributed by atoms with Gasteiger partial charge in [-0.25, -0.2) is 4.79 Å². The molecule has 0 saturated heterocycles. The summed E-state index contributed by atoms with van der Waals surface area (Å²) in [6.45, 7) is 3.69. The van der Waals surface area contributed by atoms with Crippen LogP contribution in [0.1, 0.15) is 38.3 Å². The van der Waals surface area contributed by atoms with Crippen LogP contribution in [0.3, 0.4) is 0 Å². The zero-order chi connectivity index (χ0) is 15.9.